The molecule has 3 nitrogen and oxygen atoms in total. The highest BCUT2D eigenvalue weighted by molar-refractivity contribution is 7.15. The fourth-order valence-corrected chi connectivity index (χ4v) is 4.21. The van der Waals surface area contributed by atoms with Crippen LogP contribution < -0.4 is 5.32 Å². The Kier molecular flexibility index (Phi) is 6.07. The number of aryl methyl sites for hydroxylation is 1. The van der Waals surface area contributed by atoms with Crippen molar-refractivity contribution in [3.05, 3.63) is 64.7 Å². The quantitative estimate of drug-likeness (QED) is 0.579. The van der Waals surface area contributed by atoms with Crippen LogP contribution in [0, 0.1) is 0 Å². The highest BCUT2D eigenvalue weighted by Gasteiger charge is 2.15. The van der Waals surface area contributed by atoms with Crippen LogP contribution in [0.1, 0.15) is 53.9 Å². The number of benzene rings is 1. The normalized spacial score (nSPS) is 12.0. The van der Waals surface area contributed by atoms with Crippen LogP contribution in [-0.2, 0) is 6.42 Å². The molecular formula is C23H26N2OS. The molecule has 0 spiro atoms. The molecule has 140 valence electrons. The second-order valence-electron chi connectivity index (χ2n) is 6.74. The summed E-state index contributed by atoms with van der Waals surface area (Å²) >= 11 is 1.68. The standard InChI is InChI=1S/C23H26N2OS/c1-5-15(3)16-7-9-17(10-8-16)20-13-18(11-12-25-20)22-14-19(23(26)24-4)21(6-2)27-22/h7-15H,5-6H2,1-4H3,(H,24,26). The molecule has 4 heteroatoms. The summed E-state index contributed by atoms with van der Waals surface area (Å²) in [5.74, 6) is 0.546. The number of thiophene rings is 1. The maximum atomic E-state index is 12.1. The molecule has 3 rings (SSSR count). The topological polar surface area (TPSA) is 42.0 Å². The van der Waals surface area contributed by atoms with Gasteiger partial charge in [0.05, 0.1) is 11.3 Å². The summed E-state index contributed by atoms with van der Waals surface area (Å²) in [5, 5.41) is 2.73. The number of nitrogens with zero attached hydrogens (tertiary/aromatic N) is 1. The number of pyridine rings is 1. The Balaban J connectivity index is 1.94. The SMILES string of the molecule is CCc1sc(-c2ccnc(-c3ccc(C(C)CC)cc3)c2)cc1C(=O)NC. The average Bonchev–Trinajstić information content (AvgIpc) is 3.17. The summed E-state index contributed by atoms with van der Waals surface area (Å²) in [4.78, 5) is 18.9. The fraction of sp³-hybridized carbons (Fsp3) is 0.304. The van der Waals surface area contributed by atoms with Gasteiger partial charge in [-0.15, -0.1) is 11.3 Å². The van der Waals surface area contributed by atoms with E-state index >= 15 is 0 Å². The summed E-state index contributed by atoms with van der Waals surface area (Å²) < 4.78 is 0. The molecule has 0 aliphatic carbocycles. The molecule has 1 amide bonds. The van der Waals surface area contributed by atoms with E-state index in [-0.39, 0.29) is 5.91 Å². The molecule has 0 saturated heterocycles. The van der Waals surface area contributed by atoms with Gasteiger partial charge in [0.15, 0.2) is 0 Å². The third-order valence-electron chi connectivity index (χ3n) is 5.03. The van der Waals surface area contributed by atoms with E-state index in [0.717, 1.165) is 45.0 Å². The van der Waals surface area contributed by atoms with E-state index in [1.165, 1.54) is 5.56 Å². The van der Waals surface area contributed by atoms with Crippen molar-refractivity contribution in [2.24, 2.45) is 0 Å². The predicted octanol–water partition coefficient (Wildman–Crippen LogP) is 5.91. The zero-order valence-corrected chi connectivity index (χ0v) is 17.2. The first-order chi connectivity index (χ1) is 13.1. The monoisotopic (exact) mass is 378 g/mol. The van der Waals surface area contributed by atoms with Crippen LogP contribution in [0.2, 0.25) is 0 Å². The minimum absolute atomic E-state index is 0.0238. The number of carbonyl (C=O) groups excluding carboxylic acids is 1. The van der Waals surface area contributed by atoms with Crippen molar-refractivity contribution in [3.63, 3.8) is 0 Å². The van der Waals surface area contributed by atoms with Gasteiger partial charge in [-0.1, -0.05) is 45.0 Å². The lowest BCUT2D eigenvalue weighted by atomic mass is 9.97. The lowest BCUT2D eigenvalue weighted by Gasteiger charge is -2.10. The number of rotatable bonds is 6. The second kappa shape index (κ2) is 8.49. The first-order valence-electron chi connectivity index (χ1n) is 9.48. The van der Waals surface area contributed by atoms with Gasteiger partial charge in [0.1, 0.15) is 0 Å². The molecule has 1 unspecified atom stereocenters. The summed E-state index contributed by atoms with van der Waals surface area (Å²) in [6.07, 6.45) is 3.83. The summed E-state index contributed by atoms with van der Waals surface area (Å²) in [6, 6.07) is 14.8. The fourth-order valence-electron chi connectivity index (χ4n) is 3.12. The molecule has 0 aliphatic rings. The van der Waals surface area contributed by atoms with Crippen LogP contribution >= 0.6 is 11.3 Å². The maximum absolute atomic E-state index is 12.1. The molecule has 0 saturated carbocycles. The molecule has 3 aromatic rings. The minimum atomic E-state index is -0.0238. The largest absolute Gasteiger partial charge is 0.355 e. The van der Waals surface area contributed by atoms with Gasteiger partial charge < -0.3 is 5.32 Å². The van der Waals surface area contributed by atoms with Crippen LogP contribution in [0.15, 0.2) is 48.7 Å². The Morgan fingerprint density at radius 2 is 1.85 bits per heavy atom. The lowest BCUT2D eigenvalue weighted by Crippen LogP contribution is -2.18. The van der Waals surface area contributed by atoms with Crippen molar-refractivity contribution in [3.8, 4) is 21.7 Å². The van der Waals surface area contributed by atoms with Gasteiger partial charge in [-0.2, -0.15) is 0 Å². The number of amides is 1. The van der Waals surface area contributed by atoms with Crippen molar-refractivity contribution in [1.29, 1.82) is 0 Å². The van der Waals surface area contributed by atoms with Crippen LogP contribution in [0.25, 0.3) is 21.7 Å². The van der Waals surface area contributed by atoms with Crippen molar-refractivity contribution < 1.29 is 4.79 Å². The maximum Gasteiger partial charge on any atom is 0.252 e. The lowest BCUT2D eigenvalue weighted by molar-refractivity contribution is 0.0963. The van der Waals surface area contributed by atoms with E-state index in [1.807, 2.05) is 18.3 Å². The molecule has 1 atom stereocenters. The molecule has 2 aromatic heterocycles. The molecule has 27 heavy (non-hydrogen) atoms. The van der Waals surface area contributed by atoms with Crippen molar-refractivity contribution in [1.82, 2.24) is 10.3 Å². The van der Waals surface area contributed by atoms with E-state index in [2.05, 4.69) is 61.4 Å². The Morgan fingerprint density at radius 3 is 2.48 bits per heavy atom. The Labute approximate surface area is 165 Å². The third kappa shape index (κ3) is 4.11. The zero-order chi connectivity index (χ0) is 19.4. The number of hydrogen-bond acceptors (Lipinski definition) is 3. The summed E-state index contributed by atoms with van der Waals surface area (Å²) in [5.41, 5.74) is 5.30. The van der Waals surface area contributed by atoms with E-state index in [4.69, 9.17) is 0 Å². The molecule has 1 N–H and O–H groups in total. The van der Waals surface area contributed by atoms with Crippen molar-refractivity contribution in [2.45, 2.75) is 39.5 Å². The molecule has 1 aromatic carbocycles. The number of aromatic nitrogens is 1. The Morgan fingerprint density at radius 1 is 1.11 bits per heavy atom. The number of carbonyl (C=O) groups is 1. The first-order valence-corrected chi connectivity index (χ1v) is 10.3. The highest BCUT2D eigenvalue weighted by Crippen LogP contribution is 2.33. The minimum Gasteiger partial charge on any atom is -0.355 e. The second-order valence-corrected chi connectivity index (χ2v) is 7.88. The molecule has 0 aliphatic heterocycles. The van der Waals surface area contributed by atoms with Gasteiger partial charge >= 0.3 is 0 Å². The van der Waals surface area contributed by atoms with Gasteiger partial charge in [-0.05, 0) is 48.1 Å². The molecule has 0 fully saturated rings. The summed E-state index contributed by atoms with van der Waals surface area (Å²) in [6.45, 7) is 6.54. The molecule has 0 radical (unpaired) electrons. The Hall–Kier alpha value is -2.46. The average molecular weight is 379 g/mol. The van der Waals surface area contributed by atoms with Gasteiger partial charge in [-0.25, -0.2) is 0 Å². The first kappa shape index (κ1) is 19.3. The van der Waals surface area contributed by atoms with E-state index < -0.39 is 0 Å². The van der Waals surface area contributed by atoms with Gasteiger partial charge in [0, 0.05) is 28.6 Å². The molecule has 2 heterocycles. The smallest absolute Gasteiger partial charge is 0.252 e. The number of hydrogen-bond donors (Lipinski definition) is 1. The van der Waals surface area contributed by atoms with Gasteiger partial charge in [0.25, 0.3) is 5.91 Å². The van der Waals surface area contributed by atoms with Gasteiger partial charge in [0.2, 0.25) is 0 Å². The van der Waals surface area contributed by atoms with Crippen LogP contribution in [0.5, 0.6) is 0 Å². The predicted molar refractivity (Wildman–Crippen MR) is 114 cm³/mol. The zero-order valence-electron chi connectivity index (χ0n) is 16.4. The van der Waals surface area contributed by atoms with E-state index in [9.17, 15) is 4.79 Å². The molecule has 0 bridgehead atoms. The molecular weight excluding hydrogens is 352 g/mol. The van der Waals surface area contributed by atoms with Crippen LogP contribution in [0.3, 0.4) is 0 Å². The van der Waals surface area contributed by atoms with Gasteiger partial charge in [-0.3, -0.25) is 9.78 Å². The van der Waals surface area contributed by atoms with Crippen LogP contribution in [-0.4, -0.2) is 17.9 Å². The summed E-state index contributed by atoms with van der Waals surface area (Å²) in [7, 11) is 1.67. The van der Waals surface area contributed by atoms with E-state index in [0.29, 0.717) is 5.92 Å². The number of nitrogens with one attached hydrogen (secondary N) is 1. The van der Waals surface area contributed by atoms with Crippen molar-refractivity contribution in [2.75, 3.05) is 7.05 Å². The highest BCUT2D eigenvalue weighted by atomic mass is 32.1. The van der Waals surface area contributed by atoms with Crippen molar-refractivity contribution >= 4 is 17.2 Å². The Bertz CT molecular complexity index is 928. The third-order valence-corrected chi connectivity index (χ3v) is 6.36. The van der Waals surface area contributed by atoms with Crippen LogP contribution in [0.4, 0.5) is 0 Å². The van der Waals surface area contributed by atoms with E-state index in [1.54, 1.807) is 18.4 Å².